The van der Waals surface area contributed by atoms with Crippen LogP contribution in [0.3, 0.4) is 0 Å². The lowest BCUT2D eigenvalue weighted by atomic mass is 9.76. The predicted octanol–water partition coefficient (Wildman–Crippen LogP) is 3.09. The molecule has 0 saturated heterocycles. The summed E-state index contributed by atoms with van der Waals surface area (Å²) < 4.78 is 0. The number of hydrogen-bond donors (Lipinski definition) is 1. The van der Waals surface area contributed by atoms with E-state index in [9.17, 15) is 0 Å². The number of hydrogen-bond acceptors (Lipinski definition) is 1. The van der Waals surface area contributed by atoms with Crippen LogP contribution in [0.4, 0.5) is 0 Å². The van der Waals surface area contributed by atoms with Crippen molar-refractivity contribution in [3.05, 3.63) is 35.9 Å². The van der Waals surface area contributed by atoms with Crippen LogP contribution in [0, 0.1) is 0 Å². The summed E-state index contributed by atoms with van der Waals surface area (Å²) in [6.07, 6.45) is 3.50. The maximum Gasteiger partial charge on any atom is -0.00634 e. The molecule has 1 aromatic rings. The van der Waals surface area contributed by atoms with Gasteiger partial charge in [-0.3, -0.25) is 0 Å². The number of nitrogens with two attached hydrogens (primary N) is 1. The molecule has 0 amide bonds. The fraction of sp³-hybridized carbons (Fsp3) is 0.538. The molecule has 0 aliphatic carbocycles. The van der Waals surface area contributed by atoms with Gasteiger partial charge in [0.1, 0.15) is 0 Å². The molecule has 1 heteroatoms. The van der Waals surface area contributed by atoms with Crippen LogP contribution in [-0.2, 0) is 5.41 Å². The molecule has 0 spiro atoms. The second-order valence-electron chi connectivity index (χ2n) is 4.22. The summed E-state index contributed by atoms with van der Waals surface area (Å²) in [7, 11) is 0. The van der Waals surface area contributed by atoms with Crippen molar-refractivity contribution in [3.8, 4) is 0 Å². The van der Waals surface area contributed by atoms with Crippen molar-refractivity contribution in [1.29, 1.82) is 0 Å². The average Bonchev–Trinajstić information content (AvgIpc) is 2.20. The highest BCUT2D eigenvalue weighted by atomic mass is 14.5. The molecule has 0 fully saturated rings. The molecule has 78 valence electrons. The van der Waals surface area contributed by atoms with Crippen LogP contribution in [0.15, 0.2) is 30.3 Å². The SMILES string of the molecule is CCCC(C)(CCN)c1ccccc1. The van der Waals surface area contributed by atoms with Crippen LogP contribution in [0.25, 0.3) is 0 Å². The van der Waals surface area contributed by atoms with Gasteiger partial charge in [-0.15, -0.1) is 0 Å². The molecule has 0 aliphatic heterocycles. The van der Waals surface area contributed by atoms with Crippen LogP contribution >= 0.6 is 0 Å². The van der Waals surface area contributed by atoms with E-state index in [1.54, 1.807) is 0 Å². The second-order valence-corrected chi connectivity index (χ2v) is 4.22. The third kappa shape index (κ3) is 2.58. The maximum absolute atomic E-state index is 5.68. The number of benzene rings is 1. The summed E-state index contributed by atoms with van der Waals surface area (Å²) >= 11 is 0. The zero-order valence-electron chi connectivity index (χ0n) is 9.29. The van der Waals surface area contributed by atoms with Crippen molar-refractivity contribution in [3.63, 3.8) is 0 Å². The molecule has 2 N–H and O–H groups in total. The van der Waals surface area contributed by atoms with Crippen molar-refractivity contribution in [2.45, 2.75) is 38.5 Å². The van der Waals surface area contributed by atoms with Gasteiger partial charge in [0, 0.05) is 0 Å². The molecular weight excluding hydrogens is 170 g/mol. The van der Waals surface area contributed by atoms with Crippen LogP contribution < -0.4 is 5.73 Å². The van der Waals surface area contributed by atoms with Crippen LogP contribution in [-0.4, -0.2) is 6.54 Å². The summed E-state index contributed by atoms with van der Waals surface area (Å²) in [4.78, 5) is 0. The molecule has 1 nitrogen and oxygen atoms in total. The molecule has 0 aromatic heterocycles. The van der Waals surface area contributed by atoms with Crippen LogP contribution in [0.1, 0.15) is 38.7 Å². The van der Waals surface area contributed by atoms with Gasteiger partial charge >= 0.3 is 0 Å². The lowest BCUT2D eigenvalue weighted by Crippen LogP contribution is -2.25. The highest BCUT2D eigenvalue weighted by Gasteiger charge is 2.23. The Kier molecular flexibility index (Phi) is 4.15. The smallest absolute Gasteiger partial charge is 0.00634 e. The van der Waals surface area contributed by atoms with E-state index in [0.717, 1.165) is 13.0 Å². The van der Waals surface area contributed by atoms with E-state index >= 15 is 0 Å². The maximum atomic E-state index is 5.68. The zero-order chi connectivity index (χ0) is 10.4. The summed E-state index contributed by atoms with van der Waals surface area (Å²) in [5.41, 5.74) is 7.37. The molecule has 0 bridgehead atoms. The fourth-order valence-electron chi connectivity index (χ4n) is 2.12. The monoisotopic (exact) mass is 191 g/mol. The zero-order valence-corrected chi connectivity index (χ0v) is 9.29. The molecular formula is C13H21N. The quantitative estimate of drug-likeness (QED) is 0.760. The summed E-state index contributed by atoms with van der Waals surface area (Å²) in [5.74, 6) is 0. The van der Waals surface area contributed by atoms with Crippen molar-refractivity contribution in [1.82, 2.24) is 0 Å². The normalized spacial score (nSPS) is 15.1. The summed E-state index contributed by atoms with van der Waals surface area (Å²) in [6, 6.07) is 10.7. The van der Waals surface area contributed by atoms with Gasteiger partial charge in [-0.25, -0.2) is 0 Å². The van der Waals surface area contributed by atoms with E-state index in [1.165, 1.54) is 18.4 Å². The largest absolute Gasteiger partial charge is 0.330 e. The standard InChI is InChI=1S/C13H21N/c1-3-9-13(2,10-11-14)12-7-5-4-6-8-12/h4-8H,3,9-11,14H2,1-2H3. The molecule has 0 aliphatic rings. The van der Waals surface area contributed by atoms with E-state index in [0.29, 0.717) is 0 Å². The van der Waals surface area contributed by atoms with Gasteiger partial charge in [-0.2, -0.15) is 0 Å². The second kappa shape index (κ2) is 5.16. The molecule has 1 aromatic carbocycles. The summed E-state index contributed by atoms with van der Waals surface area (Å²) in [6.45, 7) is 5.32. The Bertz CT molecular complexity index is 247. The molecule has 14 heavy (non-hydrogen) atoms. The Morgan fingerprint density at radius 3 is 2.29 bits per heavy atom. The minimum absolute atomic E-state index is 0.269. The average molecular weight is 191 g/mol. The van der Waals surface area contributed by atoms with Gasteiger partial charge in [-0.1, -0.05) is 50.6 Å². The minimum Gasteiger partial charge on any atom is -0.330 e. The molecule has 1 rings (SSSR count). The van der Waals surface area contributed by atoms with E-state index in [2.05, 4.69) is 44.2 Å². The van der Waals surface area contributed by atoms with Crippen molar-refractivity contribution in [2.24, 2.45) is 5.73 Å². The van der Waals surface area contributed by atoms with Crippen LogP contribution in [0.2, 0.25) is 0 Å². The van der Waals surface area contributed by atoms with Crippen LogP contribution in [0.5, 0.6) is 0 Å². The van der Waals surface area contributed by atoms with E-state index in [4.69, 9.17) is 5.73 Å². The lowest BCUT2D eigenvalue weighted by Gasteiger charge is -2.29. The van der Waals surface area contributed by atoms with Gasteiger partial charge in [0.15, 0.2) is 0 Å². The highest BCUT2D eigenvalue weighted by molar-refractivity contribution is 5.24. The Hall–Kier alpha value is -0.820. The van der Waals surface area contributed by atoms with E-state index < -0.39 is 0 Å². The van der Waals surface area contributed by atoms with E-state index in [1.807, 2.05) is 0 Å². The Morgan fingerprint density at radius 1 is 1.14 bits per heavy atom. The topological polar surface area (TPSA) is 26.0 Å². The fourth-order valence-corrected chi connectivity index (χ4v) is 2.12. The molecule has 1 atom stereocenters. The Morgan fingerprint density at radius 2 is 1.79 bits per heavy atom. The van der Waals surface area contributed by atoms with Crippen molar-refractivity contribution < 1.29 is 0 Å². The van der Waals surface area contributed by atoms with Gasteiger partial charge in [0.2, 0.25) is 0 Å². The third-order valence-corrected chi connectivity index (χ3v) is 2.97. The molecule has 0 saturated carbocycles. The molecule has 1 unspecified atom stereocenters. The number of rotatable bonds is 5. The molecule has 0 radical (unpaired) electrons. The van der Waals surface area contributed by atoms with Crippen molar-refractivity contribution >= 4 is 0 Å². The Labute approximate surface area is 87.3 Å². The minimum atomic E-state index is 0.269. The lowest BCUT2D eigenvalue weighted by molar-refractivity contribution is 0.402. The van der Waals surface area contributed by atoms with Gasteiger partial charge in [0.25, 0.3) is 0 Å². The first-order valence-corrected chi connectivity index (χ1v) is 5.48. The Balaban J connectivity index is 2.87. The third-order valence-electron chi connectivity index (χ3n) is 2.97. The highest BCUT2D eigenvalue weighted by Crippen LogP contribution is 2.31. The first-order chi connectivity index (χ1) is 6.73. The summed E-state index contributed by atoms with van der Waals surface area (Å²) in [5, 5.41) is 0. The first-order valence-electron chi connectivity index (χ1n) is 5.48. The predicted molar refractivity (Wildman–Crippen MR) is 62.4 cm³/mol. The molecule has 0 heterocycles. The van der Waals surface area contributed by atoms with Gasteiger partial charge in [0.05, 0.1) is 0 Å². The first kappa shape index (κ1) is 11.3. The van der Waals surface area contributed by atoms with Crippen molar-refractivity contribution in [2.75, 3.05) is 6.54 Å². The van der Waals surface area contributed by atoms with E-state index in [-0.39, 0.29) is 5.41 Å². The van der Waals surface area contributed by atoms with Gasteiger partial charge in [-0.05, 0) is 30.4 Å². The van der Waals surface area contributed by atoms with Gasteiger partial charge < -0.3 is 5.73 Å².